The Labute approximate surface area is 186 Å². The molecule has 0 spiro atoms. The first kappa shape index (κ1) is 19.3. The number of fused-ring (bicyclic) bond motifs is 2. The van der Waals surface area contributed by atoms with Crippen LogP contribution in [0, 0.1) is 25.7 Å². The highest BCUT2D eigenvalue weighted by Crippen LogP contribution is 2.45. The molecule has 1 amide bonds. The Hall–Kier alpha value is -3.36. The number of carbonyl (C=O) groups excluding carboxylic acids is 1. The molecular formula is C23H26N8O. The van der Waals surface area contributed by atoms with Gasteiger partial charge in [-0.15, -0.1) is 5.10 Å². The van der Waals surface area contributed by atoms with Crippen LogP contribution in [0.25, 0.3) is 0 Å². The average molecular weight is 431 g/mol. The predicted molar refractivity (Wildman–Crippen MR) is 117 cm³/mol. The van der Waals surface area contributed by atoms with Gasteiger partial charge in [-0.2, -0.15) is 0 Å². The Morgan fingerprint density at radius 2 is 2.03 bits per heavy atom. The molecule has 164 valence electrons. The minimum atomic E-state index is -0.209. The summed E-state index contributed by atoms with van der Waals surface area (Å²) in [5.41, 5.74) is 5.66. The van der Waals surface area contributed by atoms with Gasteiger partial charge in [0.05, 0.1) is 18.8 Å². The number of hydrogen-bond donors (Lipinski definition) is 1. The van der Waals surface area contributed by atoms with Crippen molar-refractivity contribution in [3.63, 3.8) is 0 Å². The second kappa shape index (κ2) is 7.36. The largest absolute Gasteiger partial charge is 0.344 e. The topological polar surface area (TPSA) is 102 Å². The molecule has 1 aliphatic heterocycles. The average Bonchev–Trinajstić information content (AvgIpc) is 3.17. The van der Waals surface area contributed by atoms with Crippen molar-refractivity contribution in [1.29, 1.82) is 0 Å². The lowest BCUT2D eigenvalue weighted by Crippen LogP contribution is -2.27. The highest BCUT2D eigenvalue weighted by atomic mass is 16.2. The van der Waals surface area contributed by atoms with E-state index < -0.39 is 0 Å². The number of hydrogen-bond acceptors (Lipinski definition) is 7. The van der Waals surface area contributed by atoms with Crippen molar-refractivity contribution in [3.8, 4) is 0 Å². The zero-order chi connectivity index (χ0) is 21.8. The second-order valence-electron chi connectivity index (χ2n) is 9.27. The van der Waals surface area contributed by atoms with E-state index in [4.69, 9.17) is 4.98 Å². The van der Waals surface area contributed by atoms with Gasteiger partial charge in [0, 0.05) is 42.4 Å². The molecule has 32 heavy (non-hydrogen) atoms. The van der Waals surface area contributed by atoms with Gasteiger partial charge in [-0.05, 0) is 62.1 Å². The molecule has 0 bridgehead atoms. The number of rotatable bonds is 5. The molecule has 0 radical (unpaired) electrons. The van der Waals surface area contributed by atoms with E-state index in [1.807, 2.05) is 26.1 Å². The van der Waals surface area contributed by atoms with Gasteiger partial charge in [-0.25, -0.2) is 14.6 Å². The number of amides is 1. The number of pyridine rings is 1. The van der Waals surface area contributed by atoms with Gasteiger partial charge in [0.15, 0.2) is 5.69 Å². The highest BCUT2D eigenvalue weighted by Gasteiger charge is 2.45. The Morgan fingerprint density at radius 1 is 1.19 bits per heavy atom. The fraction of sp³-hybridized carbons (Fsp3) is 0.478. The summed E-state index contributed by atoms with van der Waals surface area (Å²) < 4.78 is 1.67. The van der Waals surface area contributed by atoms with Crippen LogP contribution in [0.1, 0.15) is 57.5 Å². The number of nitrogens with zero attached hydrogens (tertiary/aromatic N) is 7. The second-order valence-corrected chi connectivity index (χ2v) is 9.27. The van der Waals surface area contributed by atoms with E-state index in [2.05, 4.69) is 30.5 Å². The Balaban J connectivity index is 1.12. The molecule has 3 aromatic rings. The molecule has 2 aliphatic carbocycles. The lowest BCUT2D eigenvalue weighted by atomic mass is 10.1. The lowest BCUT2D eigenvalue weighted by Gasteiger charge is -2.18. The van der Waals surface area contributed by atoms with Gasteiger partial charge in [0.1, 0.15) is 0 Å². The summed E-state index contributed by atoms with van der Waals surface area (Å²) in [5.74, 6) is 2.30. The van der Waals surface area contributed by atoms with E-state index in [-0.39, 0.29) is 11.9 Å². The summed E-state index contributed by atoms with van der Waals surface area (Å²) in [7, 11) is 0. The first-order valence-corrected chi connectivity index (χ1v) is 11.3. The van der Waals surface area contributed by atoms with Crippen LogP contribution in [0.3, 0.4) is 0 Å². The molecule has 9 nitrogen and oxygen atoms in total. The predicted octanol–water partition coefficient (Wildman–Crippen LogP) is 2.00. The molecule has 0 aromatic carbocycles. The quantitative estimate of drug-likeness (QED) is 0.661. The van der Waals surface area contributed by atoms with Crippen molar-refractivity contribution in [2.45, 2.75) is 45.7 Å². The van der Waals surface area contributed by atoms with Crippen LogP contribution in [0.5, 0.6) is 0 Å². The van der Waals surface area contributed by atoms with Crippen molar-refractivity contribution < 1.29 is 4.79 Å². The number of aromatic nitrogens is 6. The van der Waals surface area contributed by atoms with E-state index in [9.17, 15) is 4.79 Å². The summed E-state index contributed by atoms with van der Waals surface area (Å²) >= 11 is 0. The maximum absolute atomic E-state index is 12.8. The highest BCUT2D eigenvalue weighted by molar-refractivity contribution is 5.92. The summed E-state index contributed by atoms with van der Waals surface area (Å²) in [4.78, 5) is 28.7. The lowest BCUT2D eigenvalue weighted by molar-refractivity contribution is 0.0931. The third-order valence-electron chi connectivity index (χ3n) is 7.10. The van der Waals surface area contributed by atoms with Crippen LogP contribution < -0.4 is 10.2 Å². The Kier molecular flexibility index (Phi) is 4.44. The van der Waals surface area contributed by atoms with Crippen LogP contribution in [-0.4, -0.2) is 48.9 Å². The number of aryl methyl sites for hydroxylation is 2. The zero-order valence-corrected chi connectivity index (χ0v) is 18.3. The first-order valence-electron chi connectivity index (χ1n) is 11.3. The van der Waals surface area contributed by atoms with Crippen LogP contribution in [-0.2, 0) is 13.0 Å². The first-order chi connectivity index (χ1) is 15.5. The van der Waals surface area contributed by atoms with Gasteiger partial charge in [0.2, 0.25) is 5.95 Å². The fourth-order valence-electron chi connectivity index (χ4n) is 5.10. The molecule has 2 fully saturated rings. The molecule has 1 saturated heterocycles. The van der Waals surface area contributed by atoms with Crippen molar-refractivity contribution >= 4 is 11.9 Å². The van der Waals surface area contributed by atoms with E-state index in [1.54, 1.807) is 17.1 Å². The summed E-state index contributed by atoms with van der Waals surface area (Å²) in [5, 5.41) is 11.3. The van der Waals surface area contributed by atoms with Crippen molar-refractivity contribution in [2.75, 3.05) is 18.0 Å². The number of piperidine rings is 1. The molecular weight excluding hydrogens is 404 g/mol. The van der Waals surface area contributed by atoms with Crippen LogP contribution in [0.4, 0.5) is 5.95 Å². The molecule has 9 heteroatoms. The van der Waals surface area contributed by atoms with Gasteiger partial charge in [-0.3, -0.25) is 9.78 Å². The van der Waals surface area contributed by atoms with E-state index >= 15 is 0 Å². The summed E-state index contributed by atoms with van der Waals surface area (Å²) in [6, 6.07) is 1.98. The fourth-order valence-corrected chi connectivity index (χ4v) is 5.10. The van der Waals surface area contributed by atoms with Gasteiger partial charge in [-0.1, -0.05) is 5.21 Å². The summed E-state index contributed by atoms with van der Waals surface area (Å²) in [6.45, 7) is 6.64. The van der Waals surface area contributed by atoms with Crippen molar-refractivity contribution in [2.24, 2.45) is 11.8 Å². The molecule has 2 unspecified atom stereocenters. The van der Waals surface area contributed by atoms with Crippen molar-refractivity contribution in [1.82, 2.24) is 35.3 Å². The standard InChI is InChI=1S/C23H26N8O/c1-13-17(8-25-23(26-13)30-9-15-7-16(15)10-30)11-31-12-21(28-29-31)22(32)27-20-4-3-18-14(2)24-6-5-19(18)20/h5-6,8,12,15-16,20H,3-4,7,9-11H2,1-2H3,(H,27,32)/t15?,16?,20-/m1/s1. The third kappa shape index (κ3) is 3.41. The monoisotopic (exact) mass is 430 g/mol. The minimum Gasteiger partial charge on any atom is -0.344 e. The van der Waals surface area contributed by atoms with Crippen LogP contribution in [0.15, 0.2) is 24.7 Å². The normalized spacial score (nSPS) is 23.2. The van der Waals surface area contributed by atoms with Gasteiger partial charge in [0.25, 0.3) is 5.91 Å². The minimum absolute atomic E-state index is 0.0100. The molecule has 6 rings (SSSR count). The number of carbonyl (C=O) groups is 1. The third-order valence-corrected chi connectivity index (χ3v) is 7.10. The Morgan fingerprint density at radius 3 is 2.84 bits per heavy atom. The number of anilines is 1. The molecule has 3 aliphatic rings. The maximum atomic E-state index is 12.8. The van der Waals surface area contributed by atoms with Gasteiger partial charge >= 0.3 is 0 Å². The smallest absolute Gasteiger partial charge is 0.273 e. The van der Waals surface area contributed by atoms with Crippen LogP contribution >= 0.6 is 0 Å². The van der Waals surface area contributed by atoms with E-state index in [1.165, 1.54) is 12.0 Å². The molecule has 1 saturated carbocycles. The van der Waals surface area contributed by atoms with E-state index in [0.717, 1.165) is 66.2 Å². The van der Waals surface area contributed by atoms with E-state index in [0.29, 0.717) is 12.2 Å². The molecule has 3 atom stereocenters. The maximum Gasteiger partial charge on any atom is 0.273 e. The van der Waals surface area contributed by atoms with Crippen molar-refractivity contribution in [3.05, 3.63) is 58.4 Å². The molecule has 3 aromatic heterocycles. The summed E-state index contributed by atoms with van der Waals surface area (Å²) in [6.07, 6.45) is 8.53. The molecule has 1 N–H and O–H groups in total. The Bertz CT molecular complexity index is 1190. The zero-order valence-electron chi connectivity index (χ0n) is 18.3. The SMILES string of the molecule is Cc1nc(N2CC3CC3C2)ncc1Cn1cc(C(=O)N[C@@H]2CCc3c2ccnc3C)nn1. The molecule has 4 heterocycles. The number of nitrogens with one attached hydrogen (secondary N) is 1. The van der Waals surface area contributed by atoms with Crippen LogP contribution in [0.2, 0.25) is 0 Å². The van der Waals surface area contributed by atoms with Gasteiger partial charge < -0.3 is 10.2 Å².